The van der Waals surface area contributed by atoms with Gasteiger partial charge in [-0.15, -0.1) is 11.8 Å². The monoisotopic (exact) mass is 460 g/mol. The Hall–Kier alpha value is -1.99. The van der Waals surface area contributed by atoms with Crippen molar-refractivity contribution in [3.05, 3.63) is 54.1 Å². The van der Waals surface area contributed by atoms with Crippen molar-refractivity contribution in [2.45, 2.75) is 68.5 Å². The van der Waals surface area contributed by atoms with Crippen LogP contribution in [-0.2, 0) is 10.0 Å². The molecular weight excluding hydrogens is 428 g/mol. The van der Waals surface area contributed by atoms with Crippen LogP contribution in [-0.4, -0.2) is 31.7 Å². The van der Waals surface area contributed by atoms with Crippen LogP contribution in [0.3, 0.4) is 0 Å². The second-order valence-corrected chi connectivity index (χ2v) is 13.4. The van der Waals surface area contributed by atoms with Crippen LogP contribution in [0.2, 0.25) is 0 Å². The standard InChI is InChI=1S/C24H32N2O3S2/c1-17(23(2,3)4)25-22(27)18-12-13-21-20(16-18)26(15-14-24(5,6)30-21)31(28,29)19-10-8-7-9-11-19/h7-13,16-17H,14-15H2,1-6H3,(H,25,27). The summed E-state index contributed by atoms with van der Waals surface area (Å²) in [4.78, 5) is 14.1. The third kappa shape index (κ3) is 5.26. The highest BCUT2D eigenvalue weighted by atomic mass is 32.2. The minimum atomic E-state index is -3.75. The lowest BCUT2D eigenvalue weighted by atomic mass is 9.88. The summed E-state index contributed by atoms with van der Waals surface area (Å²) in [5.74, 6) is -0.198. The normalized spacial score (nSPS) is 17.4. The van der Waals surface area contributed by atoms with Crippen LogP contribution in [0.4, 0.5) is 5.69 Å². The molecule has 1 unspecified atom stereocenters. The Morgan fingerprint density at radius 1 is 1.13 bits per heavy atom. The third-order valence-electron chi connectivity index (χ3n) is 5.77. The third-order valence-corrected chi connectivity index (χ3v) is 8.92. The molecule has 1 N–H and O–H groups in total. The number of benzene rings is 2. The highest BCUT2D eigenvalue weighted by Gasteiger charge is 2.34. The molecule has 3 rings (SSSR count). The molecule has 0 saturated carbocycles. The van der Waals surface area contributed by atoms with Crippen LogP contribution in [0.1, 0.15) is 58.3 Å². The lowest BCUT2D eigenvalue weighted by Crippen LogP contribution is -2.41. The van der Waals surface area contributed by atoms with E-state index in [0.717, 1.165) is 4.90 Å². The van der Waals surface area contributed by atoms with E-state index in [2.05, 4.69) is 39.9 Å². The van der Waals surface area contributed by atoms with Gasteiger partial charge >= 0.3 is 0 Å². The number of carbonyl (C=O) groups excluding carboxylic acids is 1. The number of hydrogen-bond donors (Lipinski definition) is 1. The molecule has 1 aliphatic rings. The topological polar surface area (TPSA) is 66.5 Å². The van der Waals surface area contributed by atoms with Crippen LogP contribution in [0.25, 0.3) is 0 Å². The molecule has 1 amide bonds. The Morgan fingerprint density at radius 3 is 2.39 bits per heavy atom. The molecule has 0 fully saturated rings. The molecular formula is C24H32N2O3S2. The van der Waals surface area contributed by atoms with Gasteiger partial charge in [-0.2, -0.15) is 0 Å². The minimum absolute atomic E-state index is 0.0312. The fourth-order valence-corrected chi connectivity index (χ4v) is 6.00. The highest BCUT2D eigenvalue weighted by molar-refractivity contribution is 8.01. The zero-order valence-corrected chi connectivity index (χ0v) is 20.7. The molecule has 1 atom stereocenters. The lowest BCUT2D eigenvalue weighted by molar-refractivity contribution is 0.0910. The summed E-state index contributed by atoms with van der Waals surface area (Å²) in [6.45, 7) is 12.8. The van der Waals surface area contributed by atoms with Gasteiger partial charge in [0.25, 0.3) is 15.9 Å². The largest absolute Gasteiger partial charge is 0.349 e. The van der Waals surface area contributed by atoms with Crippen molar-refractivity contribution in [3.63, 3.8) is 0 Å². The zero-order valence-electron chi connectivity index (χ0n) is 19.1. The van der Waals surface area contributed by atoms with Crippen molar-refractivity contribution in [1.82, 2.24) is 5.32 Å². The summed E-state index contributed by atoms with van der Waals surface area (Å²) < 4.78 is 28.4. The van der Waals surface area contributed by atoms with Gasteiger partial charge in [0.15, 0.2) is 0 Å². The summed E-state index contributed by atoms with van der Waals surface area (Å²) in [5, 5.41) is 3.05. The fraction of sp³-hybridized carbons (Fsp3) is 0.458. The zero-order chi connectivity index (χ0) is 23.0. The van der Waals surface area contributed by atoms with Gasteiger partial charge in [0.2, 0.25) is 0 Å². The van der Waals surface area contributed by atoms with Crippen molar-refractivity contribution in [1.29, 1.82) is 0 Å². The minimum Gasteiger partial charge on any atom is -0.349 e. The van der Waals surface area contributed by atoms with Crippen LogP contribution >= 0.6 is 11.8 Å². The van der Waals surface area contributed by atoms with Crippen molar-refractivity contribution in [2.24, 2.45) is 5.41 Å². The summed E-state index contributed by atoms with van der Waals surface area (Å²) in [6, 6.07) is 13.8. The molecule has 1 heterocycles. The molecule has 0 saturated heterocycles. The van der Waals surface area contributed by atoms with E-state index >= 15 is 0 Å². The number of nitrogens with zero attached hydrogens (tertiary/aromatic N) is 1. The van der Waals surface area contributed by atoms with Gasteiger partial charge < -0.3 is 5.32 Å². The Bertz CT molecular complexity index is 1060. The Labute approximate surface area is 190 Å². The van der Waals surface area contributed by atoms with Crippen molar-refractivity contribution < 1.29 is 13.2 Å². The average Bonchev–Trinajstić information content (AvgIpc) is 2.82. The molecule has 0 radical (unpaired) electrons. The predicted molar refractivity (Wildman–Crippen MR) is 128 cm³/mol. The predicted octanol–water partition coefficient (Wildman–Crippen LogP) is 5.32. The van der Waals surface area contributed by atoms with Crippen LogP contribution in [0.15, 0.2) is 58.3 Å². The lowest BCUT2D eigenvalue weighted by Gasteiger charge is -2.28. The number of thioether (sulfide) groups is 1. The fourth-order valence-electron chi connectivity index (χ4n) is 3.25. The van der Waals surface area contributed by atoms with Gasteiger partial charge in [0, 0.05) is 27.8 Å². The number of nitrogens with one attached hydrogen (secondary N) is 1. The maximum absolute atomic E-state index is 13.5. The summed E-state index contributed by atoms with van der Waals surface area (Å²) in [7, 11) is -3.75. The SMILES string of the molecule is CC(NC(=O)c1ccc2c(c1)N(S(=O)(=O)c1ccccc1)CCC(C)(C)S2)C(C)(C)C. The number of carbonyl (C=O) groups is 1. The Kier molecular flexibility index (Phi) is 6.50. The van der Waals surface area contributed by atoms with Crippen LogP contribution < -0.4 is 9.62 Å². The summed E-state index contributed by atoms with van der Waals surface area (Å²) in [5.41, 5.74) is 0.947. The summed E-state index contributed by atoms with van der Waals surface area (Å²) in [6.07, 6.45) is 0.695. The number of sulfonamides is 1. The second kappa shape index (κ2) is 8.51. The van der Waals surface area contributed by atoms with E-state index in [-0.39, 0.29) is 27.0 Å². The first-order chi connectivity index (χ1) is 14.3. The van der Waals surface area contributed by atoms with E-state index in [9.17, 15) is 13.2 Å². The highest BCUT2D eigenvalue weighted by Crippen LogP contribution is 2.45. The first-order valence-electron chi connectivity index (χ1n) is 10.5. The Balaban J connectivity index is 2.06. The molecule has 7 heteroatoms. The average molecular weight is 461 g/mol. The summed E-state index contributed by atoms with van der Waals surface area (Å²) >= 11 is 1.65. The number of amides is 1. The van der Waals surface area contributed by atoms with Gasteiger partial charge in [-0.3, -0.25) is 9.10 Å². The van der Waals surface area contributed by atoms with E-state index in [0.29, 0.717) is 24.2 Å². The number of hydrogen-bond acceptors (Lipinski definition) is 4. The van der Waals surface area contributed by atoms with Gasteiger partial charge in [-0.25, -0.2) is 8.42 Å². The van der Waals surface area contributed by atoms with E-state index in [1.165, 1.54) is 4.31 Å². The van der Waals surface area contributed by atoms with E-state index in [1.807, 2.05) is 13.0 Å². The molecule has 0 aromatic heterocycles. The van der Waals surface area contributed by atoms with Crippen LogP contribution in [0, 0.1) is 5.41 Å². The Morgan fingerprint density at radius 2 is 1.77 bits per heavy atom. The molecule has 2 aromatic carbocycles. The van der Waals surface area contributed by atoms with Gasteiger partial charge in [0.1, 0.15) is 0 Å². The quantitative estimate of drug-likeness (QED) is 0.670. The molecule has 2 aromatic rings. The maximum Gasteiger partial charge on any atom is 0.264 e. The molecule has 0 aliphatic carbocycles. The van der Waals surface area contributed by atoms with Crippen molar-refractivity contribution in [2.75, 3.05) is 10.8 Å². The number of anilines is 1. The molecule has 1 aliphatic heterocycles. The van der Waals surface area contributed by atoms with Gasteiger partial charge in [-0.05, 0) is 49.1 Å². The molecule has 168 valence electrons. The van der Waals surface area contributed by atoms with Gasteiger partial charge in [0.05, 0.1) is 10.6 Å². The molecule has 5 nitrogen and oxygen atoms in total. The van der Waals surface area contributed by atoms with Crippen molar-refractivity contribution >= 4 is 33.4 Å². The van der Waals surface area contributed by atoms with E-state index in [1.54, 1.807) is 54.2 Å². The first kappa shape index (κ1) is 23.7. The number of fused-ring (bicyclic) bond motifs is 1. The molecule has 31 heavy (non-hydrogen) atoms. The van der Waals surface area contributed by atoms with E-state index in [4.69, 9.17) is 0 Å². The smallest absolute Gasteiger partial charge is 0.264 e. The van der Waals surface area contributed by atoms with E-state index < -0.39 is 10.0 Å². The molecule has 0 spiro atoms. The molecule has 0 bridgehead atoms. The van der Waals surface area contributed by atoms with Crippen molar-refractivity contribution in [3.8, 4) is 0 Å². The van der Waals surface area contributed by atoms with Crippen LogP contribution in [0.5, 0.6) is 0 Å². The maximum atomic E-state index is 13.5. The number of rotatable bonds is 4. The second-order valence-electron chi connectivity index (χ2n) is 9.75. The first-order valence-corrected chi connectivity index (χ1v) is 12.8. The van der Waals surface area contributed by atoms with Gasteiger partial charge in [-0.1, -0.05) is 52.8 Å².